The van der Waals surface area contributed by atoms with Gasteiger partial charge >= 0.3 is 53.7 Å². The maximum atomic E-state index is 12.5. The Labute approximate surface area is 325 Å². The molecule has 0 saturated heterocycles. The van der Waals surface area contributed by atoms with E-state index in [4.69, 9.17) is 47.4 Å². The Morgan fingerprint density at radius 2 is 0.714 bits per heavy atom. The maximum Gasteiger partial charge on any atom is 0.309 e. The van der Waals surface area contributed by atoms with E-state index in [-0.39, 0.29) is 58.3 Å². The van der Waals surface area contributed by atoms with Gasteiger partial charge in [-0.2, -0.15) is 0 Å². The van der Waals surface area contributed by atoms with Gasteiger partial charge in [-0.1, -0.05) is 0 Å². The summed E-state index contributed by atoms with van der Waals surface area (Å²) in [5.41, 5.74) is 0. The zero-order valence-corrected chi connectivity index (χ0v) is 32.9. The lowest BCUT2D eigenvalue weighted by atomic mass is 10.2. The Hall–Kier alpha value is -4.85. The first kappa shape index (κ1) is 51.1. The molecule has 0 rings (SSSR count). The van der Waals surface area contributed by atoms with Gasteiger partial charge in [-0.05, 0) is 41.5 Å². The lowest BCUT2D eigenvalue weighted by Crippen LogP contribution is -2.32. The second kappa shape index (κ2) is 30.4. The zero-order chi connectivity index (χ0) is 42.5. The minimum atomic E-state index is -1.36. The van der Waals surface area contributed by atoms with E-state index < -0.39 is 130 Å². The van der Waals surface area contributed by atoms with Crippen LogP contribution in [0.1, 0.15) is 99.3 Å². The highest BCUT2D eigenvalue weighted by molar-refractivity contribution is 5.80. The summed E-state index contributed by atoms with van der Waals surface area (Å²) >= 11 is 0. The van der Waals surface area contributed by atoms with Gasteiger partial charge in [0.25, 0.3) is 0 Å². The molecule has 1 N–H and O–H groups in total. The van der Waals surface area contributed by atoms with Crippen LogP contribution in [-0.4, -0.2) is 136 Å². The molecule has 0 fully saturated rings. The Morgan fingerprint density at radius 3 is 1.07 bits per heavy atom. The first-order chi connectivity index (χ1) is 26.5. The molecule has 0 bridgehead atoms. The van der Waals surface area contributed by atoms with Crippen LogP contribution < -0.4 is 0 Å². The third-order valence-corrected chi connectivity index (χ3v) is 6.65. The zero-order valence-electron chi connectivity index (χ0n) is 32.9. The van der Waals surface area contributed by atoms with E-state index in [1.165, 1.54) is 20.8 Å². The molecule has 0 aromatic carbocycles. The minimum absolute atomic E-state index is 0.150. The molecule has 5 unspecified atom stereocenters. The molecule has 0 heterocycles. The number of carbonyl (C=O) groups is 9. The van der Waals surface area contributed by atoms with Crippen molar-refractivity contribution < 1.29 is 95.6 Å². The third kappa shape index (κ3) is 28.6. The fourth-order valence-corrected chi connectivity index (χ4v) is 4.22. The van der Waals surface area contributed by atoms with Crippen LogP contribution in [0.3, 0.4) is 0 Å². The number of aliphatic hydroxyl groups is 1. The van der Waals surface area contributed by atoms with Gasteiger partial charge in [0.15, 0.2) is 6.10 Å². The van der Waals surface area contributed by atoms with Gasteiger partial charge in [-0.25, -0.2) is 0 Å². The smallest absolute Gasteiger partial charge is 0.309 e. The van der Waals surface area contributed by atoms with Gasteiger partial charge in [-0.3, -0.25) is 43.2 Å². The molecule has 5 atom stereocenters. The maximum absolute atomic E-state index is 12.5. The Morgan fingerprint density at radius 1 is 0.393 bits per heavy atom. The summed E-state index contributed by atoms with van der Waals surface area (Å²) in [6.45, 7) is 7.87. The SMILES string of the molecule is CCOC(=O)CC(C)OC(=O)CCC(=O)OCC(O)COCC(COC(=O)CCC(=O)OC(C)CC(=O)OCC)OC(=O)CCC(=O)OC(C)CC(=O)OCC. The summed E-state index contributed by atoms with van der Waals surface area (Å²) in [5.74, 6) is -6.58. The normalized spacial score (nSPS) is 13.3. The van der Waals surface area contributed by atoms with Gasteiger partial charge in [0.05, 0.1) is 90.8 Å². The van der Waals surface area contributed by atoms with Crippen LogP contribution in [0.2, 0.25) is 0 Å². The lowest BCUT2D eigenvalue weighted by Gasteiger charge is -2.19. The fraction of sp³-hybridized carbons (Fsp3) is 0.750. The summed E-state index contributed by atoms with van der Waals surface area (Å²) in [4.78, 5) is 108. The first-order valence-electron chi connectivity index (χ1n) is 18.3. The molecule has 0 aliphatic heterocycles. The average molecular weight is 809 g/mol. The predicted molar refractivity (Wildman–Crippen MR) is 187 cm³/mol. The van der Waals surface area contributed by atoms with Crippen LogP contribution in [0.25, 0.3) is 0 Å². The van der Waals surface area contributed by atoms with Crippen molar-refractivity contribution in [2.75, 3.05) is 46.2 Å². The third-order valence-electron chi connectivity index (χ3n) is 6.65. The molecule has 0 radical (unpaired) electrons. The van der Waals surface area contributed by atoms with Crippen molar-refractivity contribution in [3.8, 4) is 0 Å². The molecule has 20 nitrogen and oxygen atoms in total. The molecule has 0 aliphatic rings. The van der Waals surface area contributed by atoms with E-state index in [9.17, 15) is 48.3 Å². The predicted octanol–water partition coefficient (Wildman–Crippen LogP) is 1.36. The number of aliphatic hydroxyl groups excluding tert-OH is 1. The van der Waals surface area contributed by atoms with Gasteiger partial charge in [0.2, 0.25) is 0 Å². The summed E-state index contributed by atoms with van der Waals surface area (Å²) in [7, 11) is 0. The summed E-state index contributed by atoms with van der Waals surface area (Å²) in [6, 6.07) is 0. The number of hydrogen-bond donors (Lipinski definition) is 1. The van der Waals surface area contributed by atoms with Crippen LogP contribution in [0.5, 0.6) is 0 Å². The number of hydrogen-bond acceptors (Lipinski definition) is 20. The number of ether oxygens (including phenoxy) is 10. The molecule has 56 heavy (non-hydrogen) atoms. The largest absolute Gasteiger partial charge is 0.466 e. The van der Waals surface area contributed by atoms with Gasteiger partial charge in [-0.15, -0.1) is 0 Å². The number of rotatable bonds is 30. The van der Waals surface area contributed by atoms with E-state index in [2.05, 4.69) is 0 Å². The van der Waals surface area contributed by atoms with Crippen molar-refractivity contribution in [3.05, 3.63) is 0 Å². The monoisotopic (exact) mass is 808 g/mol. The molecule has 320 valence electrons. The number of esters is 9. The highest BCUT2D eigenvalue weighted by Crippen LogP contribution is 2.09. The molecule has 0 saturated carbocycles. The van der Waals surface area contributed by atoms with Crippen LogP contribution in [0.4, 0.5) is 0 Å². The fourth-order valence-electron chi connectivity index (χ4n) is 4.22. The van der Waals surface area contributed by atoms with Gasteiger partial charge < -0.3 is 52.5 Å². The van der Waals surface area contributed by atoms with Crippen molar-refractivity contribution in [3.63, 3.8) is 0 Å². The molecular weight excluding hydrogens is 752 g/mol. The molecule has 0 aromatic heterocycles. The summed E-state index contributed by atoms with van der Waals surface area (Å²) in [6.07, 6.45) is -7.87. The van der Waals surface area contributed by atoms with E-state index in [0.717, 1.165) is 0 Å². The van der Waals surface area contributed by atoms with Crippen LogP contribution in [0, 0.1) is 0 Å². The molecule has 0 aliphatic carbocycles. The van der Waals surface area contributed by atoms with Crippen molar-refractivity contribution >= 4 is 53.7 Å². The van der Waals surface area contributed by atoms with Crippen molar-refractivity contribution in [2.24, 2.45) is 0 Å². The van der Waals surface area contributed by atoms with Crippen LogP contribution >= 0.6 is 0 Å². The van der Waals surface area contributed by atoms with Crippen molar-refractivity contribution in [1.82, 2.24) is 0 Å². The van der Waals surface area contributed by atoms with Gasteiger partial charge in [0.1, 0.15) is 37.6 Å². The van der Waals surface area contributed by atoms with E-state index in [1.807, 2.05) is 0 Å². The standard InChI is InChI=1S/C36H56O20/c1-7-48-34(44)16-23(4)53-30(40)12-10-28(38)51-20-26(37)19-47-21-27(56-33(43)15-14-32(42)55-25(6)18-36(46)50-9-3)22-52-29(39)11-13-31(41)54-24(5)17-35(45)49-8-2/h23-27,37H,7-22H2,1-6H3. The van der Waals surface area contributed by atoms with Crippen LogP contribution in [0.15, 0.2) is 0 Å². The summed E-state index contributed by atoms with van der Waals surface area (Å²) < 4.78 is 50.3. The van der Waals surface area contributed by atoms with Crippen molar-refractivity contribution in [2.45, 2.75) is 130 Å². The van der Waals surface area contributed by atoms with Crippen molar-refractivity contribution in [1.29, 1.82) is 0 Å². The van der Waals surface area contributed by atoms with Crippen LogP contribution in [-0.2, 0) is 90.5 Å². The molecule has 0 spiro atoms. The second-order valence-electron chi connectivity index (χ2n) is 12.1. The van der Waals surface area contributed by atoms with Gasteiger partial charge in [0, 0.05) is 0 Å². The minimum Gasteiger partial charge on any atom is -0.466 e. The molecule has 0 amide bonds. The second-order valence-corrected chi connectivity index (χ2v) is 12.1. The average Bonchev–Trinajstić information content (AvgIpc) is 3.10. The highest BCUT2D eigenvalue weighted by Gasteiger charge is 2.23. The molecule has 20 heteroatoms. The Balaban J connectivity index is 4.97. The molecule has 0 aromatic rings. The highest BCUT2D eigenvalue weighted by atomic mass is 16.6. The molecular formula is C36H56O20. The Bertz CT molecular complexity index is 1260. The summed E-state index contributed by atoms with van der Waals surface area (Å²) in [5, 5.41) is 10.2. The Kier molecular flexibility index (Phi) is 27.7. The van der Waals surface area contributed by atoms with E-state index in [1.54, 1.807) is 20.8 Å². The lowest BCUT2D eigenvalue weighted by molar-refractivity contribution is -0.166. The van der Waals surface area contributed by atoms with E-state index >= 15 is 0 Å². The first-order valence-corrected chi connectivity index (χ1v) is 18.3. The topological polar surface area (TPSA) is 266 Å². The quantitative estimate of drug-likeness (QED) is 0.0793. The number of carbonyl (C=O) groups excluding carboxylic acids is 9. The van der Waals surface area contributed by atoms with E-state index in [0.29, 0.717) is 0 Å².